The van der Waals surface area contributed by atoms with Gasteiger partial charge in [0.25, 0.3) is 5.91 Å². The number of carbonyl (C=O) groups excluding carboxylic acids is 2. The van der Waals surface area contributed by atoms with Crippen LogP contribution in [0.25, 0.3) is 0 Å². The van der Waals surface area contributed by atoms with Crippen LogP contribution in [0.5, 0.6) is 0 Å². The number of nitrogens with one attached hydrogen (secondary N) is 4. The van der Waals surface area contributed by atoms with Crippen LogP contribution in [0.4, 0.5) is 23.3 Å². The van der Waals surface area contributed by atoms with Crippen LogP contribution in [0.2, 0.25) is 0 Å². The number of nitriles is 1. The number of rotatable bonds is 17. The number of anilines is 4. The van der Waals surface area contributed by atoms with Crippen LogP contribution in [-0.2, 0) is 37.5 Å². The molecule has 0 radical (unpaired) electrons. The van der Waals surface area contributed by atoms with Crippen molar-refractivity contribution >= 4 is 35.1 Å². The second kappa shape index (κ2) is 30.7. The molecule has 4 fully saturated rings. The molecule has 11 rings (SSSR count). The highest BCUT2D eigenvalue weighted by Crippen LogP contribution is 2.26. The van der Waals surface area contributed by atoms with E-state index in [4.69, 9.17) is 21.3 Å². The Labute approximate surface area is 488 Å². The lowest BCUT2D eigenvalue weighted by molar-refractivity contribution is -0.138. The highest BCUT2D eigenvalue weighted by molar-refractivity contribution is 5.92. The van der Waals surface area contributed by atoms with Crippen LogP contribution >= 0.6 is 0 Å². The Morgan fingerprint density at radius 3 is 1.60 bits per heavy atom. The zero-order valence-corrected chi connectivity index (χ0v) is 47.8. The molecular formula is C64H80N16O3. The lowest BCUT2D eigenvalue weighted by atomic mass is 9.93. The number of aromatic nitrogens is 5. The molecule has 83 heavy (non-hydrogen) atoms. The zero-order chi connectivity index (χ0) is 57.6. The first-order valence-corrected chi connectivity index (χ1v) is 29.3. The summed E-state index contributed by atoms with van der Waals surface area (Å²) in [5, 5.41) is 26.3. The fourth-order valence-corrected chi connectivity index (χ4v) is 11.2. The maximum absolute atomic E-state index is 13.2. The van der Waals surface area contributed by atoms with E-state index in [-0.39, 0.29) is 29.5 Å². The van der Waals surface area contributed by atoms with Crippen molar-refractivity contribution in [2.75, 3.05) is 74.0 Å². The van der Waals surface area contributed by atoms with E-state index in [9.17, 15) is 9.59 Å². The molecule has 0 saturated carbocycles. The highest BCUT2D eigenvalue weighted by Gasteiger charge is 2.31. The van der Waals surface area contributed by atoms with Crippen molar-refractivity contribution < 1.29 is 14.1 Å². The lowest BCUT2D eigenvalue weighted by Gasteiger charge is -2.37. The van der Waals surface area contributed by atoms with Crippen molar-refractivity contribution in [3.63, 3.8) is 0 Å². The van der Waals surface area contributed by atoms with E-state index in [1.807, 2.05) is 47.5 Å². The number of nitrogens with two attached hydrogens (primary N) is 2. The third-order valence-electron chi connectivity index (χ3n) is 15.9. The molecular weight excluding hydrogens is 1040 g/mol. The van der Waals surface area contributed by atoms with Gasteiger partial charge in [0.05, 0.1) is 5.56 Å². The van der Waals surface area contributed by atoms with Crippen molar-refractivity contribution in [2.45, 2.75) is 109 Å². The predicted octanol–water partition coefficient (Wildman–Crippen LogP) is 8.25. The van der Waals surface area contributed by atoms with E-state index in [0.29, 0.717) is 48.1 Å². The topological polar surface area (TPSA) is 249 Å². The molecule has 0 spiro atoms. The number of nitrogen functional groups attached to an aromatic ring is 1. The number of pyridine rings is 4. The van der Waals surface area contributed by atoms with Gasteiger partial charge in [-0.25, -0.2) is 19.9 Å². The largest absolute Gasteiger partial charge is 0.384 e. The van der Waals surface area contributed by atoms with Crippen molar-refractivity contribution in [1.82, 2.24) is 50.0 Å². The fourth-order valence-electron chi connectivity index (χ4n) is 11.2. The average Bonchev–Trinajstić information content (AvgIpc) is 4.00. The number of benzene rings is 2. The molecule has 8 N–H and O–H groups in total. The Kier molecular flexibility index (Phi) is 21.9. The number of nitrogens with zero attached hydrogens (tertiary/aromatic N) is 10. The predicted molar refractivity (Wildman–Crippen MR) is 324 cm³/mol. The average molecular weight is 1120 g/mol. The van der Waals surface area contributed by atoms with Gasteiger partial charge in [0, 0.05) is 138 Å². The third kappa shape index (κ3) is 18.1. The van der Waals surface area contributed by atoms with Gasteiger partial charge in [0.1, 0.15) is 35.1 Å². The second-order valence-corrected chi connectivity index (χ2v) is 22.0. The van der Waals surface area contributed by atoms with Crippen LogP contribution in [-0.4, -0.2) is 127 Å². The Morgan fingerprint density at radius 1 is 0.578 bits per heavy atom. The normalized spacial score (nSPS) is 16.8. The first kappa shape index (κ1) is 59.3. The monoisotopic (exact) mass is 1120 g/mol. The highest BCUT2D eigenvalue weighted by atomic mass is 16.5. The van der Waals surface area contributed by atoms with Crippen LogP contribution in [0.1, 0.15) is 101 Å². The summed E-state index contributed by atoms with van der Waals surface area (Å²) < 4.78 is 4.98. The summed E-state index contributed by atoms with van der Waals surface area (Å²) >= 11 is 0. The van der Waals surface area contributed by atoms with Gasteiger partial charge in [-0.1, -0.05) is 78.0 Å². The number of aryl methyl sites for hydroxylation is 1. The van der Waals surface area contributed by atoms with Gasteiger partial charge in [0.15, 0.2) is 5.69 Å². The molecule has 2 amide bonds. The van der Waals surface area contributed by atoms with E-state index in [1.165, 1.54) is 11.1 Å². The summed E-state index contributed by atoms with van der Waals surface area (Å²) in [6.45, 7) is 13.2. The molecule has 0 atom stereocenters. The molecule has 19 heteroatoms. The van der Waals surface area contributed by atoms with Gasteiger partial charge in [-0.15, -0.1) is 0 Å². The maximum Gasteiger partial charge on any atom is 0.273 e. The summed E-state index contributed by atoms with van der Waals surface area (Å²) in [6, 6.07) is 41.5. The van der Waals surface area contributed by atoms with Crippen molar-refractivity contribution in [3.8, 4) is 6.07 Å². The number of hydrogen-bond acceptors (Lipinski definition) is 17. The molecule has 0 aliphatic carbocycles. The van der Waals surface area contributed by atoms with Crippen molar-refractivity contribution in [2.24, 2.45) is 11.7 Å². The number of piperidine rings is 4. The van der Waals surface area contributed by atoms with E-state index in [2.05, 4.69) is 128 Å². The standard InChI is InChI=1S/C28H36N8O3.C18H24N4.C18H20N4/c1-19-15-24(34-39-19)27(37)32-17-22-3-2-9-31-26(22)33-23-7-13-36(14-8-23)28(38)21-5-11-35(12-6-21)18-20-4-10-30-25(29)16-20;2*19-13-16-7-4-10-20-18(16)21-17-8-11-22(12-9-17)14-15-5-2-1-3-6-15/h2-4,9-10,15-16,21,23H,5-8,11-14,17-18H2,1H3,(H2,29,30)(H,31,33)(H,32,37);1-7,10,17H,8-9,11-14,19H2,(H,20,21);1-7,10,17H,8-9,11-12,14H2,(H,20,21). The number of likely N-dealkylation sites (tertiary alicyclic amines) is 4. The van der Waals surface area contributed by atoms with Gasteiger partial charge in [-0.3, -0.25) is 24.3 Å². The zero-order valence-electron chi connectivity index (χ0n) is 47.8. The molecule has 19 nitrogen and oxygen atoms in total. The summed E-state index contributed by atoms with van der Waals surface area (Å²) in [5.74, 6) is 3.63. The molecule has 4 aliphatic rings. The Bertz CT molecular complexity index is 3140. The van der Waals surface area contributed by atoms with E-state index in [0.717, 1.165) is 152 Å². The molecule has 7 aromatic rings. The minimum atomic E-state index is -0.290. The second-order valence-electron chi connectivity index (χ2n) is 22.0. The molecule has 0 unspecified atom stereocenters. The number of carbonyl (C=O) groups is 2. The number of amides is 2. The van der Waals surface area contributed by atoms with Crippen LogP contribution in [0.3, 0.4) is 0 Å². The van der Waals surface area contributed by atoms with E-state index >= 15 is 0 Å². The summed E-state index contributed by atoms with van der Waals surface area (Å²) in [7, 11) is 0. The SMILES string of the molecule is Cc1cc(C(=O)NCc2cccnc2NC2CCN(C(=O)C3CCN(Cc4ccnc(N)c4)CC3)CC2)no1.N#Cc1cccnc1NC1CCN(Cc2ccccc2)CC1.NCc1cccnc1NC1CCN(Cc2ccccc2)CC1. The Hall–Kier alpha value is -8.28. The van der Waals surface area contributed by atoms with Gasteiger partial charge in [0.2, 0.25) is 5.91 Å². The van der Waals surface area contributed by atoms with Gasteiger partial charge in [-0.05, 0) is 124 Å². The van der Waals surface area contributed by atoms with Crippen LogP contribution in [0.15, 0.2) is 145 Å². The molecule has 4 aliphatic heterocycles. The molecule has 0 bridgehead atoms. The molecule has 4 saturated heterocycles. The quantitative estimate of drug-likeness (QED) is 0.0502. The minimum absolute atomic E-state index is 0.0905. The maximum atomic E-state index is 13.2. The Morgan fingerprint density at radius 2 is 1.07 bits per heavy atom. The summed E-state index contributed by atoms with van der Waals surface area (Å²) in [6.07, 6.45) is 15.0. The lowest BCUT2D eigenvalue weighted by Crippen LogP contribution is -2.47. The fraction of sp³-hybridized carbons (Fsp3) is 0.406. The minimum Gasteiger partial charge on any atom is -0.384 e. The van der Waals surface area contributed by atoms with Crippen molar-refractivity contribution in [1.29, 1.82) is 5.26 Å². The third-order valence-corrected chi connectivity index (χ3v) is 15.9. The van der Waals surface area contributed by atoms with E-state index < -0.39 is 0 Å². The number of hydrogen-bond donors (Lipinski definition) is 6. The van der Waals surface area contributed by atoms with E-state index in [1.54, 1.807) is 43.7 Å². The summed E-state index contributed by atoms with van der Waals surface area (Å²) in [4.78, 5) is 52.3. The molecule has 5 aromatic heterocycles. The van der Waals surface area contributed by atoms with Gasteiger partial charge < -0.3 is 42.2 Å². The van der Waals surface area contributed by atoms with Gasteiger partial charge in [-0.2, -0.15) is 5.26 Å². The Balaban J connectivity index is 0.000000161. The van der Waals surface area contributed by atoms with Crippen LogP contribution < -0.4 is 32.7 Å². The first-order valence-electron chi connectivity index (χ1n) is 29.3. The summed E-state index contributed by atoms with van der Waals surface area (Å²) in [5.41, 5.74) is 18.4. The van der Waals surface area contributed by atoms with Gasteiger partial charge >= 0.3 is 0 Å². The van der Waals surface area contributed by atoms with Crippen LogP contribution in [0, 0.1) is 24.2 Å². The first-order chi connectivity index (χ1) is 40.6. The molecule has 434 valence electrons. The molecule has 2 aromatic carbocycles. The molecule has 9 heterocycles. The van der Waals surface area contributed by atoms with Crippen molar-refractivity contribution in [3.05, 3.63) is 185 Å². The smallest absolute Gasteiger partial charge is 0.273 e.